The lowest BCUT2D eigenvalue weighted by atomic mass is 9.93. The molecule has 0 radical (unpaired) electrons. The van der Waals surface area contributed by atoms with Crippen LogP contribution in [-0.2, 0) is 9.59 Å². The maximum atomic E-state index is 12.9. The molecule has 3 rings (SSSR count). The van der Waals surface area contributed by atoms with E-state index in [0.29, 0.717) is 29.4 Å². The Morgan fingerprint density at radius 2 is 1.96 bits per heavy atom. The second-order valence-corrected chi connectivity index (χ2v) is 7.20. The molecule has 0 saturated heterocycles. The fraction of sp³-hybridized carbons (Fsp3) is 0.333. The molecule has 7 heteroatoms. The van der Waals surface area contributed by atoms with E-state index in [-0.39, 0.29) is 30.8 Å². The minimum Gasteiger partial charge on any atom is -0.490 e. The molecular formula is C21H23FN2O4. The second kappa shape index (κ2) is 7.88. The predicted octanol–water partition coefficient (Wildman–Crippen LogP) is 3.61. The zero-order valence-corrected chi connectivity index (χ0v) is 16.1. The number of carbonyl (C=O) groups excluding carboxylic acids is 2. The zero-order chi connectivity index (χ0) is 20.3. The van der Waals surface area contributed by atoms with Crippen LogP contribution in [0.25, 0.3) is 0 Å². The van der Waals surface area contributed by atoms with Gasteiger partial charge in [-0.1, -0.05) is 0 Å². The molecule has 1 aliphatic rings. The molecule has 1 heterocycles. The van der Waals surface area contributed by atoms with Gasteiger partial charge in [0.15, 0.2) is 6.61 Å². The summed E-state index contributed by atoms with van der Waals surface area (Å²) >= 11 is 0. The van der Waals surface area contributed by atoms with Gasteiger partial charge in [0.05, 0.1) is 11.1 Å². The second-order valence-electron chi connectivity index (χ2n) is 7.20. The quantitative estimate of drug-likeness (QED) is 0.852. The molecule has 2 amide bonds. The van der Waals surface area contributed by atoms with Crippen molar-refractivity contribution in [1.29, 1.82) is 0 Å². The number of fused-ring (bicyclic) bond motifs is 1. The van der Waals surface area contributed by atoms with E-state index in [0.717, 1.165) is 0 Å². The van der Waals surface area contributed by atoms with E-state index < -0.39 is 5.41 Å². The third kappa shape index (κ3) is 4.24. The van der Waals surface area contributed by atoms with Crippen molar-refractivity contribution in [2.45, 2.75) is 20.8 Å². The monoisotopic (exact) mass is 386 g/mol. The van der Waals surface area contributed by atoms with Gasteiger partial charge in [0.1, 0.15) is 23.9 Å². The first-order chi connectivity index (χ1) is 13.3. The van der Waals surface area contributed by atoms with E-state index in [4.69, 9.17) is 9.47 Å². The van der Waals surface area contributed by atoms with Gasteiger partial charge in [-0.3, -0.25) is 9.59 Å². The number of amides is 2. The Labute approximate surface area is 163 Å². The van der Waals surface area contributed by atoms with Crippen LogP contribution in [0.15, 0.2) is 42.5 Å². The van der Waals surface area contributed by atoms with E-state index in [1.54, 1.807) is 23.1 Å². The number of anilines is 2. The minimum absolute atomic E-state index is 0.00164. The summed E-state index contributed by atoms with van der Waals surface area (Å²) in [6.45, 7) is 6.16. The molecule has 0 aliphatic carbocycles. The molecule has 0 fully saturated rings. The number of halogens is 1. The first kappa shape index (κ1) is 19.7. The summed E-state index contributed by atoms with van der Waals surface area (Å²) in [4.78, 5) is 26.5. The number of rotatable bonds is 5. The standard InChI is InChI=1S/C21H23FN2O4/c1-4-24-17-10-7-15(11-18(17)28-13-21(2,3)20(24)26)23-19(25)12-27-16-8-5-14(22)6-9-16/h5-11H,4,12-13H2,1-3H3,(H,23,25). The molecule has 148 valence electrons. The van der Waals surface area contributed by atoms with Crippen molar-refractivity contribution in [2.24, 2.45) is 5.41 Å². The third-order valence-corrected chi connectivity index (χ3v) is 4.45. The highest BCUT2D eigenvalue weighted by Gasteiger charge is 2.37. The van der Waals surface area contributed by atoms with Crippen LogP contribution in [0.4, 0.5) is 15.8 Å². The van der Waals surface area contributed by atoms with Gasteiger partial charge in [0.2, 0.25) is 5.91 Å². The summed E-state index contributed by atoms with van der Waals surface area (Å²) in [5.41, 5.74) is 0.579. The van der Waals surface area contributed by atoms with Crippen molar-refractivity contribution >= 4 is 23.2 Å². The fourth-order valence-corrected chi connectivity index (χ4v) is 2.92. The molecular weight excluding hydrogens is 363 g/mol. The van der Waals surface area contributed by atoms with Gasteiger partial charge < -0.3 is 19.7 Å². The van der Waals surface area contributed by atoms with Crippen LogP contribution in [0.3, 0.4) is 0 Å². The predicted molar refractivity (Wildman–Crippen MR) is 104 cm³/mol. The maximum Gasteiger partial charge on any atom is 0.262 e. The Bertz CT molecular complexity index is 880. The molecule has 2 aromatic carbocycles. The van der Waals surface area contributed by atoms with Gasteiger partial charge in [0.25, 0.3) is 5.91 Å². The molecule has 0 spiro atoms. The fourth-order valence-electron chi connectivity index (χ4n) is 2.92. The van der Waals surface area contributed by atoms with Gasteiger partial charge in [-0.2, -0.15) is 0 Å². The lowest BCUT2D eigenvalue weighted by molar-refractivity contribution is -0.127. The number of carbonyl (C=O) groups is 2. The molecule has 1 N–H and O–H groups in total. The lowest BCUT2D eigenvalue weighted by Crippen LogP contribution is -2.42. The van der Waals surface area contributed by atoms with Crippen molar-refractivity contribution in [1.82, 2.24) is 0 Å². The van der Waals surface area contributed by atoms with Crippen LogP contribution < -0.4 is 19.7 Å². The van der Waals surface area contributed by atoms with E-state index in [1.165, 1.54) is 24.3 Å². The van der Waals surface area contributed by atoms with Crippen molar-refractivity contribution in [2.75, 3.05) is 30.0 Å². The van der Waals surface area contributed by atoms with Gasteiger partial charge in [-0.05, 0) is 57.2 Å². The largest absolute Gasteiger partial charge is 0.490 e. The molecule has 0 unspecified atom stereocenters. The highest BCUT2D eigenvalue weighted by molar-refractivity contribution is 6.00. The normalized spacial score (nSPS) is 15.3. The Balaban J connectivity index is 1.69. The van der Waals surface area contributed by atoms with Gasteiger partial charge in [-0.15, -0.1) is 0 Å². The Morgan fingerprint density at radius 3 is 2.64 bits per heavy atom. The van der Waals surface area contributed by atoms with E-state index >= 15 is 0 Å². The Kier molecular flexibility index (Phi) is 5.53. The average molecular weight is 386 g/mol. The molecule has 2 aromatic rings. The van der Waals surface area contributed by atoms with Crippen LogP contribution in [0.1, 0.15) is 20.8 Å². The molecule has 1 aliphatic heterocycles. The van der Waals surface area contributed by atoms with E-state index in [1.807, 2.05) is 20.8 Å². The molecule has 0 bridgehead atoms. The number of hydrogen-bond acceptors (Lipinski definition) is 4. The van der Waals surface area contributed by atoms with Crippen molar-refractivity contribution < 1.29 is 23.5 Å². The van der Waals surface area contributed by atoms with Crippen LogP contribution in [0, 0.1) is 11.2 Å². The highest BCUT2D eigenvalue weighted by atomic mass is 19.1. The number of hydrogen-bond donors (Lipinski definition) is 1. The average Bonchev–Trinajstić information content (AvgIpc) is 2.76. The first-order valence-corrected chi connectivity index (χ1v) is 9.07. The summed E-state index contributed by atoms with van der Waals surface area (Å²) in [6.07, 6.45) is 0. The number of nitrogens with one attached hydrogen (secondary N) is 1. The van der Waals surface area contributed by atoms with Crippen molar-refractivity contribution in [3.8, 4) is 11.5 Å². The third-order valence-electron chi connectivity index (χ3n) is 4.45. The zero-order valence-electron chi connectivity index (χ0n) is 16.1. The van der Waals surface area contributed by atoms with Gasteiger partial charge >= 0.3 is 0 Å². The van der Waals surface area contributed by atoms with Crippen LogP contribution in [-0.4, -0.2) is 31.6 Å². The Hall–Kier alpha value is -3.09. The van der Waals surface area contributed by atoms with Gasteiger partial charge in [-0.25, -0.2) is 4.39 Å². The highest BCUT2D eigenvalue weighted by Crippen LogP contribution is 2.38. The molecule has 28 heavy (non-hydrogen) atoms. The summed E-state index contributed by atoms with van der Waals surface area (Å²) in [5.74, 6) is 0.212. The van der Waals surface area contributed by atoms with E-state index in [9.17, 15) is 14.0 Å². The molecule has 0 aromatic heterocycles. The molecule has 6 nitrogen and oxygen atoms in total. The topological polar surface area (TPSA) is 67.9 Å². The van der Waals surface area contributed by atoms with Crippen LogP contribution >= 0.6 is 0 Å². The lowest BCUT2D eigenvalue weighted by Gasteiger charge is -2.26. The van der Waals surface area contributed by atoms with Crippen LogP contribution in [0.2, 0.25) is 0 Å². The summed E-state index contributed by atoms with van der Waals surface area (Å²) < 4.78 is 24.1. The van der Waals surface area contributed by atoms with E-state index in [2.05, 4.69) is 5.32 Å². The summed E-state index contributed by atoms with van der Waals surface area (Å²) in [6, 6.07) is 10.6. The molecule has 0 atom stereocenters. The molecule has 0 saturated carbocycles. The SMILES string of the molecule is CCN1C(=O)C(C)(C)COc2cc(NC(=O)COc3ccc(F)cc3)ccc21. The smallest absolute Gasteiger partial charge is 0.262 e. The Morgan fingerprint density at radius 1 is 1.25 bits per heavy atom. The number of nitrogens with zero attached hydrogens (tertiary/aromatic N) is 1. The summed E-state index contributed by atoms with van der Waals surface area (Å²) in [5, 5.41) is 2.74. The summed E-state index contributed by atoms with van der Waals surface area (Å²) in [7, 11) is 0. The van der Waals surface area contributed by atoms with Crippen molar-refractivity contribution in [3.05, 3.63) is 48.3 Å². The van der Waals surface area contributed by atoms with Crippen molar-refractivity contribution in [3.63, 3.8) is 0 Å². The number of ether oxygens (including phenoxy) is 2. The van der Waals surface area contributed by atoms with Crippen LogP contribution in [0.5, 0.6) is 11.5 Å². The minimum atomic E-state index is -0.637. The maximum absolute atomic E-state index is 12.9. The number of benzene rings is 2. The first-order valence-electron chi connectivity index (χ1n) is 9.07. The van der Waals surface area contributed by atoms with Gasteiger partial charge in [0, 0.05) is 18.3 Å².